The highest BCUT2D eigenvalue weighted by Crippen LogP contribution is 2.31. The van der Waals surface area contributed by atoms with E-state index in [0.717, 1.165) is 30.6 Å². The average Bonchev–Trinajstić information content (AvgIpc) is 3.18. The van der Waals surface area contributed by atoms with Gasteiger partial charge in [0.2, 0.25) is 10.0 Å². The van der Waals surface area contributed by atoms with Crippen LogP contribution in [0, 0.1) is 5.82 Å². The molecule has 3 rings (SSSR count). The molecule has 22 heavy (non-hydrogen) atoms. The van der Waals surface area contributed by atoms with Crippen LogP contribution in [0.2, 0.25) is 0 Å². The maximum Gasteiger partial charge on any atom is 0.243 e. The Morgan fingerprint density at radius 2 is 1.82 bits per heavy atom. The average molecular weight is 339 g/mol. The molecule has 1 heterocycles. The van der Waals surface area contributed by atoms with E-state index in [2.05, 4.69) is 0 Å². The van der Waals surface area contributed by atoms with E-state index in [9.17, 15) is 12.8 Å². The molecule has 1 aromatic carbocycles. The second-order valence-corrected chi connectivity index (χ2v) is 8.44. The van der Waals surface area contributed by atoms with Gasteiger partial charge >= 0.3 is 0 Å². The van der Waals surface area contributed by atoms with Crippen molar-refractivity contribution >= 4 is 21.4 Å². The first-order valence-corrected chi connectivity index (χ1v) is 9.69. The van der Waals surface area contributed by atoms with E-state index >= 15 is 0 Å². The standard InChI is InChI=1S/C16H18FNO2S2/c17-13-7-9-16(10-8-13)22(19,20)18(14-4-1-2-5-14)12-15-6-3-11-21-15/h3,6-11,14H,1-2,4-5,12H2. The minimum absolute atomic E-state index is 0.0390. The third-order valence-electron chi connectivity index (χ3n) is 4.04. The monoisotopic (exact) mass is 339 g/mol. The topological polar surface area (TPSA) is 37.4 Å². The van der Waals surface area contributed by atoms with Gasteiger partial charge in [-0.15, -0.1) is 11.3 Å². The Kier molecular flexibility index (Phi) is 4.61. The molecule has 6 heteroatoms. The molecule has 1 aromatic heterocycles. The van der Waals surface area contributed by atoms with Gasteiger partial charge in [-0.1, -0.05) is 18.9 Å². The lowest BCUT2D eigenvalue weighted by Crippen LogP contribution is -2.38. The molecule has 0 aliphatic heterocycles. The van der Waals surface area contributed by atoms with E-state index in [1.54, 1.807) is 15.6 Å². The predicted molar refractivity (Wildman–Crippen MR) is 85.7 cm³/mol. The number of sulfonamides is 1. The summed E-state index contributed by atoms with van der Waals surface area (Å²) in [5, 5.41) is 1.95. The number of rotatable bonds is 5. The first-order chi connectivity index (χ1) is 10.6. The van der Waals surface area contributed by atoms with Crippen molar-refractivity contribution in [2.75, 3.05) is 0 Å². The van der Waals surface area contributed by atoms with Crippen LogP contribution in [0.1, 0.15) is 30.6 Å². The minimum Gasteiger partial charge on any atom is -0.207 e. The largest absolute Gasteiger partial charge is 0.243 e. The van der Waals surface area contributed by atoms with Crippen molar-refractivity contribution in [2.24, 2.45) is 0 Å². The molecular formula is C16H18FNO2S2. The van der Waals surface area contributed by atoms with Crippen LogP contribution in [0.15, 0.2) is 46.7 Å². The van der Waals surface area contributed by atoms with Crippen LogP contribution in [0.25, 0.3) is 0 Å². The first-order valence-electron chi connectivity index (χ1n) is 7.37. The summed E-state index contributed by atoms with van der Waals surface area (Å²) in [5.74, 6) is -0.426. The number of hydrogen-bond acceptors (Lipinski definition) is 3. The molecule has 2 aromatic rings. The molecule has 3 nitrogen and oxygen atoms in total. The lowest BCUT2D eigenvalue weighted by molar-refractivity contribution is 0.318. The summed E-state index contributed by atoms with van der Waals surface area (Å²) >= 11 is 1.56. The summed E-state index contributed by atoms with van der Waals surface area (Å²) < 4.78 is 40.6. The molecule has 0 spiro atoms. The molecule has 1 saturated carbocycles. The quantitative estimate of drug-likeness (QED) is 0.825. The van der Waals surface area contributed by atoms with Crippen molar-refractivity contribution in [1.82, 2.24) is 4.31 Å². The fraction of sp³-hybridized carbons (Fsp3) is 0.375. The van der Waals surface area contributed by atoms with Crippen molar-refractivity contribution < 1.29 is 12.8 Å². The van der Waals surface area contributed by atoms with Gasteiger partial charge in [-0.3, -0.25) is 0 Å². The van der Waals surface area contributed by atoms with Crippen LogP contribution in [-0.2, 0) is 16.6 Å². The van der Waals surface area contributed by atoms with Gasteiger partial charge in [0.05, 0.1) is 4.90 Å². The van der Waals surface area contributed by atoms with E-state index in [4.69, 9.17) is 0 Å². The van der Waals surface area contributed by atoms with E-state index in [-0.39, 0.29) is 10.9 Å². The van der Waals surface area contributed by atoms with Crippen LogP contribution >= 0.6 is 11.3 Å². The van der Waals surface area contributed by atoms with Gasteiger partial charge in [0.15, 0.2) is 0 Å². The van der Waals surface area contributed by atoms with Gasteiger partial charge in [-0.25, -0.2) is 12.8 Å². The SMILES string of the molecule is O=S(=O)(c1ccc(F)cc1)N(Cc1cccs1)C1CCCC1. The zero-order valence-corrected chi connectivity index (χ0v) is 13.7. The van der Waals surface area contributed by atoms with Crippen molar-refractivity contribution in [3.63, 3.8) is 0 Å². The third-order valence-corrected chi connectivity index (χ3v) is 6.82. The number of halogens is 1. The normalized spacial score (nSPS) is 16.5. The first kappa shape index (κ1) is 15.6. The Bertz CT molecular complexity index is 705. The second-order valence-electron chi connectivity index (χ2n) is 5.52. The van der Waals surface area contributed by atoms with Crippen molar-refractivity contribution in [3.05, 3.63) is 52.5 Å². The molecule has 1 aliphatic carbocycles. The molecule has 118 valence electrons. The summed E-state index contributed by atoms with van der Waals surface area (Å²) in [6.07, 6.45) is 3.91. The van der Waals surface area contributed by atoms with Crippen molar-refractivity contribution in [1.29, 1.82) is 0 Å². The van der Waals surface area contributed by atoms with Gasteiger partial charge in [0.1, 0.15) is 5.82 Å². The summed E-state index contributed by atoms with van der Waals surface area (Å²) in [4.78, 5) is 1.19. The Balaban J connectivity index is 1.94. The number of benzene rings is 1. The van der Waals surface area contributed by atoms with Gasteiger partial charge in [-0.05, 0) is 48.6 Å². The summed E-state index contributed by atoms with van der Waals surface area (Å²) in [7, 11) is -3.60. The molecule has 0 N–H and O–H groups in total. The van der Waals surface area contributed by atoms with Crippen molar-refractivity contribution in [2.45, 2.75) is 43.2 Å². The molecule has 0 unspecified atom stereocenters. The van der Waals surface area contributed by atoms with E-state index in [1.807, 2.05) is 17.5 Å². The summed E-state index contributed by atoms with van der Waals surface area (Å²) in [6, 6.07) is 9.01. The summed E-state index contributed by atoms with van der Waals surface area (Å²) in [5.41, 5.74) is 0. The number of nitrogens with zero attached hydrogens (tertiary/aromatic N) is 1. The van der Waals surface area contributed by atoms with Crippen molar-refractivity contribution in [3.8, 4) is 0 Å². The Morgan fingerprint density at radius 3 is 2.41 bits per heavy atom. The van der Waals surface area contributed by atoms with Crippen LogP contribution < -0.4 is 0 Å². The maximum atomic E-state index is 13.1. The molecule has 0 radical (unpaired) electrons. The lowest BCUT2D eigenvalue weighted by Gasteiger charge is -2.27. The highest BCUT2D eigenvalue weighted by molar-refractivity contribution is 7.89. The molecule has 0 bridgehead atoms. The Hall–Kier alpha value is -1.24. The zero-order chi connectivity index (χ0) is 15.6. The smallest absolute Gasteiger partial charge is 0.207 e. The highest BCUT2D eigenvalue weighted by atomic mass is 32.2. The van der Waals surface area contributed by atoms with Crippen LogP contribution in [-0.4, -0.2) is 18.8 Å². The van der Waals surface area contributed by atoms with Gasteiger partial charge in [0, 0.05) is 17.5 Å². The van der Waals surface area contributed by atoms with E-state index in [0.29, 0.717) is 6.54 Å². The fourth-order valence-corrected chi connectivity index (χ4v) is 5.35. The van der Waals surface area contributed by atoms with Gasteiger partial charge < -0.3 is 0 Å². The van der Waals surface area contributed by atoms with Crippen LogP contribution in [0.3, 0.4) is 0 Å². The Morgan fingerprint density at radius 1 is 1.14 bits per heavy atom. The van der Waals surface area contributed by atoms with Crippen LogP contribution in [0.4, 0.5) is 4.39 Å². The zero-order valence-electron chi connectivity index (χ0n) is 12.1. The predicted octanol–water partition coefficient (Wildman–Crippen LogP) is 4.02. The van der Waals surface area contributed by atoms with Gasteiger partial charge in [-0.2, -0.15) is 4.31 Å². The van der Waals surface area contributed by atoms with Crippen LogP contribution in [0.5, 0.6) is 0 Å². The molecule has 1 fully saturated rings. The number of hydrogen-bond donors (Lipinski definition) is 0. The molecule has 1 aliphatic rings. The molecule has 0 amide bonds. The van der Waals surface area contributed by atoms with E-state index < -0.39 is 15.8 Å². The third kappa shape index (κ3) is 3.24. The lowest BCUT2D eigenvalue weighted by atomic mass is 10.2. The Labute approximate surface area is 134 Å². The van der Waals surface area contributed by atoms with Gasteiger partial charge in [0.25, 0.3) is 0 Å². The maximum absolute atomic E-state index is 13.1. The minimum atomic E-state index is -3.60. The molecule has 0 saturated heterocycles. The second kappa shape index (κ2) is 6.48. The molecule has 0 atom stereocenters. The highest BCUT2D eigenvalue weighted by Gasteiger charge is 2.33. The fourth-order valence-electron chi connectivity index (χ4n) is 2.90. The number of thiophene rings is 1. The molecular weight excluding hydrogens is 321 g/mol. The van der Waals surface area contributed by atoms with E-state index in [1.165, 1.54) is 24.3 Å². The summed E-state index contributed by atoms with van der Waals surface area (Å²) in [6.45, 7) is 0.391.